The molecule has 1 heterocycles. The lowest BCUT2D eigenvalue weighted by molar-refractivity contribution is 0.291. The maximum Gasteiger partial charge on any atom is 0.134 e. The molecule has 0 bridgehead atoms. The van der Waals surface area contributed by atoms with Crippen LogP contribution in [0.1, 0.15) is 18.3 Å². The Balaban J connectivity index is 2.15. The van der Waals surface area contributed by atoms with Crippen molar-refractivity contribution in [2.24, 2.45) is 7.05 Å². The largest absolute Gasteiger partial charge is 0.497 e. The summed E-state index contributed by atoms with van der Waals surface area (Å²) in [4.78, 5) is 0. The maximum absolute atomic E-state index is 5.85. The summed E-state index contributed by atoms with van der Waals surface area (Å²) in [6.45, 7) is 2.53. The van der Waals surface area contributed by atoms with Gasteiger partial charge in [-0.3, -0.25) is 4.68 Å². The first-order valence-corrected chi connectivity index (χ1v) is 7.82. The Morgan fingerprint density at radius 2 is 2.05 bits per heavy atom. The van der Waals surface area contributed by atoms with E-state index in [1.807, 2.05) is 29.9 Å². The number of benzene rings is 1. The highest BCUT2D eigenvalue weighted by atomic mass is 79.9. The van der Waals surface area contributed by atoms with Gasteiger partial charge >= 0.3 is 0 Å². The smallest absolute Gasteiger partial charge is 0.134 e. The van der Waals surface area contributed by atoms with Crippen LogP contribution in [0.5, 0.6) is 11.5 Å². The van der Waals surface area contributed by atoms with Crippen LogP contribution in [0, 0.1) is 0 Å². The van der Waals surface area contributed by atoms with E-state index in [-0.39, 0.29) is 0 Å². The van der Waals surface area contributed by atoms with Crippen LogP contribution in [0.4, 0.5) is 0 Å². The number of methoxy groups -OCH3 is 1. The van der Waals surface area contributed by atoms with E-state index in [4.69, 9.17) is 9.47 Å². The number of nitrogens with zero attached hydrogens (tertiary/aromatic N) is 2. The van der Waals surface area contributed by atoms with Crippen molar-refractivity contribution in [2.45, 2.75) is 20.0 Å². The van der Waals surface area contributed by atoms with Crippen molar-refractivity contribution in [3.63, 3.8) is 0 Å². The van der Waals surface area contributed by atoms with Crippen molar-refractivity contribution in [2.75, 3.05) is 7.11 Å². The van der Waals surface area contributed by atoms with Crippen LogP contribution in [-0.4, -0.2) is 16.9 Å². The zero-order valence-corrected chi connectivity index (χ0v) is 14.8. The minimum atomic E-state index is 0.453. The monoisotopic (exact) mass is 402 g/mol. The minimum absolute atomic E-state index is 0.453. The molecule has 0 spiro atoms. The van der Waals surface area contributed by atoms with Crippen molar-refractivity contribution in [3.8, 4) is 11.5 Å². The van der Waals surface area contributed by atoms with Gasteiger partial charge in [0.05, 0.1) is 27.4 Å². The highest BCUT2D eigenvalue weighted by Crippen LogP contribution is 2.30. The van der Waals surface area contributed by atoms with Crippen molar-refractivity contribution in [1.82, 2.24) is 9.78 Å². The quantitative estimate of drug-likeness (QED) is 0.754. The van der Waals surface area contributed by atoms with E-state index in [2.05, 4.69) is 43.9 Å². The number of ether oxygens (including phenoxy) is 2. The van der Waals surface area contributed by atoms with E-state index in [9.17, 15) is 0 Å². The van der Waals surface area contributed by atoms with Crippen LogP contribution < -0.4 is 9.47 Å². The van der Waals surface area contributed by atoms with Gasteiger partial charge in [-0.15, -0.1) is 0 Å². The molecule has 0 aliphatic carbocycles. The van der Waals surface area contributed by atoms with E-state index in [0.717, 1.165) is 38.3 Å². The first-order chi connectivity index (χ1) is 9.56. The molecule has 6 heteroatoms. The predicted octanol–water partition coefficient (Wildman–Crippen LogP) is 4.10. The van der Waals surface area contributed by atoms with Crippen molar-refractivity contribution < 1.29 is 9.47 Å². The molecule has 20 heavy (non-hydrogen) atoms. The van der Waals surface area contributed by atoms with E-state index >= 15 is 0 Å². The Kier molecular flexibility index (Phi) is 5.10. The van der Waals surface area contributed by atoms with Crippen LogP contribution in [0.2, 0.25) is 0 Å². The zero-order valence-electron chi connectivity index (χ0n) is 11.6. The Morgan fingerprint density at radius 3 is 2.60 bits per heavy atom. The van der Waals surface area contributed by atoms with Gasteiger partial charge in [-0.05, 0) is 56.5 Å². The summed E-state index contributed by atoms with van der Waals surface area (Å²) in [6.07, 6.45) is 0.890. The molecule has 2 rings (SSSR count). The van der Waals surface area contributed by atoms with Crippen molar-refractivity contribution in [1.29, 1.82) is 0 Å². The molecule has 0 N–H and O–H groups in total. The Labute approximate surface area is 135 Å². The first-order valence-electron chi connectivity index (χ1n) is 6.23. The van der Waals surface area contributed by atoms with Gasteiger partial charge in [0.1, 0.15) is 18.1 Å². The summed E-state index contributed by atoms with van der Waals surface area (Å²) in [5, 5.41) is 4.45. The topological polar surface area (TPSA) is 36.3 Å². The van der Waals surface area contributed by atoms with Gasteiger partial charge in [-0.1, -0.05) is 6.92 Å². The summed E-state index contributed by atoms with van der Waals surface area (Å²) >= 11 is 7.06. The fourth-order valence-electron chi connectivity index (χ4n) is 1.85. The van der Waals surface area contributed by atoms with Gasteiger partial charge in [0, 0.05) is 7.05 Å². The second-order valence-corrected chi connectivity index (χ2v) is 5.92. The molecule has 1 aromatic carbocycles. The molecule has 1 aromatic heterocycles. The molecule has 0 fully saturated rings. The zero-order chi connectivity index (χ0) is 14.7. The lowest BCUT2D eigenvalue weighted by Gasteiger charge is -2.10. The molecule has 108 valence electrons. The number of hydrogen-bond donors (Lipinski definition) is 0. The van der Waals surface area contributed by atoms with E-state index < -0.39 is 0 Å². The number of hydrogen-bond acceptors (Lipinski definition) is 3. The maximum atomic E-state index is 5.85. The summed E-state index contributed by atoms with van der Waals surface area (Å²) in [5.41, 5.74) is 2.06. The molecule has 0 amide bonds. The standard InChI is InChI=1S/C14H16Br2N2O2/c1-4-11-14(16)12(18(2)17-11)8-20-13-6-5-9(19-3)7-10(13)15/h5-7H,4,8H2,1-3H3. The molecular formula is C14H16Br2N2O2. The van der Waals surface area contributed by atoms with E-state index in [1.165, 1.54) is 0 Å². The molecule has 0 aliphatic rings. The second-order valence-electron chi connectivity index (χ2n) is 4.27. The fourth-order valence-corrected chi connectivity index (χ4v) is 3.05. The number of halogens is 2. The lowest BCUT2D eigenvalue weighted by atomic mass is 10.3. The summed E-state index contributed by atoms with van der Waals surface area (Å²) in [7, 11) is 3.56. The summed E-state index contributed by atoms with van der Waals surface area (Å²) < 4.78 is 14.7. The van der Waals surface area contributed by atoms with Crippen LogP contribution >= 0.6 is 31.9 Å². The number of rotatable bonds is 5. The van der Waals surface area contributed by atoms with E-state index in [0.29, 0.717) is 6.61 Å². The Morgan fingerprint density at radius 1 is 1.30 bits per heavy atom. The van der Waals surface area contributed by atoms with Gasteiger partial charge in [-0.25, -0.2) is 0 Å². The van der Waals surface area contributed by atoms with Gasteiger partial charge < -0.3 is 9.47 Å². The predicted molar refractivity (Wildman–Crippen MR) is 85.3 cm³/mol. The molecule has 0 atom stereocenters. The Hall–Kier alpha value is -1.01. The highest BCUT2D eigenvalue weighted by molar-refractivity contribution is 9.10. The SMILES string of the molecule is CCc1nn(C)c(COc2ccc(OC)cc2Br)c1Br. The average molecular weight is 404 g/mol. The normalized spacial score (nSPS) is 10.7. The Bertz CT molecular complexity index is 611. The van der Waals surface area contributed by atoms with Crippen LogP contribution in [0.15, 0.2) is 27.1 Å². The first kappa shape index (κ1) is 15.4. The molecule has 0 unspecified atom stereocenters. The number of aromatic nitrogens is 2. The average Bonchev–Trinajstić information content (AvgIpc) is 2.72. The summed E-state index contributed by atoms with van der Waals surface area (Å²) in [5.74, 6) is 1.57. The molecule has 2 aromatic rings. The molecule has 0 saturated carbocycles. The minimum Gasteiger partial charge on any atom is -0.497 e. The molecule has 0 radical (unpaired) electrons. The van der Waals surface area contributed by atoms with Gasteiger partial charge in [-0.2, -0.15) is 5.10 Å². The molecule has 0 aliphatic heterocycles. The van der Waals surface area contributed by atoms with Crippen molar-refractivity contribution >= 4 is 31.9 Å². The van der Waals surface area contributed by atoms with Gasteiger partial charge in [0.25, 0.3) is 0 Å². The highest BCUT2D eigenvalue weighted by Gasteiger charge is 2.13. The summed E-state index contributed by atoms with van der Waals surface area (Å²) in [6, 6.07) is 5.63. The van der Waals surface area contributed by atoms with Crippen LogP contribution in [-0.2, 0) is 20.1 Å². The third-order valence-corrected chi connectivity index (χ3v) is 4.54. The van der Waals surface area contributed by atoms with Gasteiger partial charge in [0.15, 0.2) is 0 Å². The van der Waals surface area contributed by atoms with Crippen LogP contribution in [0.3, 0.4) is 0 Å². The molecule has 0 saturated heterocycles. The lowest BCUT2D eigenvalue weighted by Crippen LogP contribution is -2.04. The third kappa shape index (κ3) is 3.17. The molecular weight excluding hydrogens is 388 g/mol. The van der Waals surface area contributed by atoms with Crippen LogP contribution in [0.25, 0.3) is 0 Å². The number of aryl methyl sites for hydroxylation is 2. The third-order valence-electron chi connectivity index (χ3n) is 3.01. The van der Waals surface area contributed by atoms with Gasteiger partial charge in [0.2, 0.25) is 0 Å². The second kappa shape index (κ2) is 6.63. The van der Waals surface area contributed by atoms with E-state index in [1.54, 1.807) is 7.11 Å². The fraction of sp³-hybridized carbons (Fsp3) is 0.357. The van der Waals surface area contributed by atoms with Crippen molar-refractivity contribution in [3.05, 3.63) is 38.5 Å². The molecule has 4 nitrogen and oxygen atoms in total.